The lowest BCUT2D eigenvalue weighted by atomic mass is 10.1. The Labute approximate surface area is 187 Å². The summed E-state index contributed by atoms with van der Waals surface area (Å²) in [6.45, 7) is 3.86. The Morgan fingerprint density at radius 1 is 1.14 bits per heavy atom. The van der Waals surface area contributed by atoms with E-state index in [1.54, 1.807) is 30.3 Å². The molecule has 0 spiro atoms. The highest BCUT2D eigenvalue weighted by molar-refractivity contribution is 9.10. The molecule has 1 amide bonds. The van der Waals surface area contributed by atoms with Crippen molar-refractivity contribution in [2.75, 3.05) is 5.32 Å². The lowest BCUT2D eigenvalue weighted by Crippen LogP contribution is -2.13. The molecule has 0 saturated carbocycles. The molecule has 0 bridgehead atoms. The minimum absolute atomic E-state index is 0.00939. The monoisotopic (exact) mass is 487 g/mol. The number of amides is 1. The zero-order valence-corrected chi connectivity index (χ0v) is 18.7. The first kappa shape index (κ1) is 21.2. The molecule has 1 heterocycles. The van der Waals surface area contributed by atoms with Gasteiger partial charge in [0.15, 0.2) is 0 Å². The van der Waals surface area contributed by atoms with Crippen molar-refractivity contribution in [1.29, 1.82) is 5.26 Å². The third-order valence-electron chi connectivity index (χ3n) is 4.42. The number of aryl methyl sites for hydroxylation is 1. The number of para-hydroxylation sites is 1. The second kappa shape index (κ2) is 8.87. The number of rotatable bonds is 4. The number of nitrogens with one attached hydrogen (secondary N) is 1. The first-order valence-corrected chi connectivity index (χ1v) is 10.2. The van der Waals surface area contributed by atoms with E-state index in [0.29, 0.717) is 15.7 Å². The summed E-state index contributed by atoms with van der Waals surface area (Å²) in [6, 6.07) is 16.5. The smallest absolute Gasteiger partial charge is 0.266 e. The molecule has 1 N–H and O–H groups in total. The fourth-order valence-electron chi connectivity index (χ4n) is 3.01. The third-order valence-corrected chi connectivity index (χ3v) is 5.85. The van der Waals surface area contributed by atoms with Crippen LogP contribution in [0.5, 0.6) is 0 Å². The summed E-state index contributed by atoms with van der Waals surface area (Å²) in [5.41, 5.74) is 4.05. The standard InChI is InChI=1S/C22H16BrCl2N3O/c1-13-9-15(14(2)28(13)17-7-8-19(24)20(25)11-17)10-16(12-26)22(29)27-21-6-4-3-5-18(21)23/h3-11H,1-2H3,(H,27,29)/b16-10+. The van der Waals surface area contributed by atoms with Crippen molar-refractivity contribution >= 4 is 56.8 Å². The van der Waals surface area contributed by atoms with Gasteiger partial charge in [0.2, 0.25) is 0 Å². The maximum Gasteiger partial charge on any atom is 0.266 e. The Morgan fingerprint density at radius 2 is 1.86 bits per heavy atom. The first-order valence-electron chi connectivity index (χ1n) is 8.64. The molecule has 3 aromatic rings. The minimum atomic E-state index is -0.473. The molecule has 3 rings (SSSR count). The van der Waals surface area contributed by atoms with E-state index in [1.807, 2.05) is 48.7 Å². The van der Waals surface area contributed by atoms with Crippen LogP contribution in [0.25, 0.3) is 11.8 Å². The number of nitrogens with zero attached hydrogens (tertiary/aromatic N) is 2. The zero-order valence-electron chi connectivity index (χ0n) is 15.6. The Balaban J connectivity index is 1.96. The number of carbonyl (C=O) groups excluding carboxylic acids is 1. The van der Waals surface area contributed by atoms with Crippen molar-refractivity contribution in [3.8, 4) is 11.8 Å². The molecule has 7 heteroatoms. The van der Waals surface area contributed by atoms with Gasteiger partial charge in [-0.05, 0) is 77.8 Å². The quantitative estimate of drug-likeness (QED) is 0.327. The maximum absolute atomic E-state index is 12.6. The summed E-state index contributed by atoms with van der Waals surface area (Å²) < 4.78 is 2.73. The van der Waals surface area contributed by atoms with Crippen LogP contribution in [0, 0.1) is 25.2 Å². The van der Waals surface area contributed by atoms with Gasteiger partial charge >= 0.3 is 0 Å². The first-order chi connectivity index (χ1) is 13.8. The topological polar surface area (TPSA) is 57.8 Å². The van der Waals surface area contributed by atoms with Crippen molar-refractivity contribution in [3.05, 3.63) is 85.6 Å². The van der Waals surface area contributed by atoms with Gasteiger partial charge in [-0.1, -0.05) is 35.3 Å². The Hall–Kier alpha value is -2.52. The molecule has 0 saturated heterocycles. The fraction of sp³-hybridized carbons (Fsp3) is 0.0909. The summed E-state index contributed by atoms with van der Waals surface area (Å²) in [4.78, 5) is 12.6. The normalized spacial score (nSPS) is 11.2. The van der Waals surface area contributed by atoms with Gasteiger partial charge in [0, 0.05) is 21.5 Å². The molecule has 4 nitrogen and oxygen atoms in total. The maximum atomic E-state index is 12.6. The number of hydrogen-bond acceptors (Lipinski definition) is 2. The average Bonchev–Trinajstić information content (AvgIpc) is 2.97. The minimum Gasteiger partial charge on any atom is -0.320 e. The van der Waals surface area contributed by atoms with Crippen molar-refractivity contribution in [2.45, 2.75) is 13.8 Å². The molecular weight excluding hydrogens is 473 g/mol. The van der Waals surface area contributed by atoms with Crippen LogP contribution < -0.4 is 5.32 Å². The van der Waals surface area contributed by atoms with Gasteiger partial charge in [-0.25, -0.2) is 0 Å². The molecule has 0 aliphatic rings. The molecule has 0 aliphatic heterocycles. The SMILES string of the molecule is Cc1cc(/C=C(\C#N)C(=O)Nc2ccccc2Br)c(C)n1-c1ccc(Cl)c(Cl)c1. The Morgan fingerprint density at radius 3 is 2.52 bits per heavy atom. The number of aromatic nitrogens is 1. The van der Waals surface area contributed by atoms with Crippen molar-refractivity contribution in [2.24, 2.45) is 0 Å². The van der Waals surface area contributed by atoms with Gasteiger partial charge in [-0.3, -0.25) is 4.79 Å². The van der Waals surface area contributed by atoms with Crippen LogP contribution in [-0.2, 0) is 4.79 Å². The van der Waals surface area contributed by atoms with Gasteiger partial charge in [-0.2, -0.15) is 5.26 Å². The van der Waals surface area contributed by atoms with Gasteiger partial charge < -0.3 is 9.88 Å². The van der Waals surface area contributed by atoms with Crippen LogP contribution in [0.15, 0.2) is 58.6 Å². The lowest BCUT2D eigenvalue weighted by Gasteiger charge is -2.11. The van der Waals surface area contributed by atoms with Crippen LogP contribution in [0.3, 0.4) is 0 Å². The van der Waals surface area contributed by atoms with E-state index in [0.717, 1.165) is 27.1 Å². The molecule has 0 atom stereocenters. The lowest BCUT2D eigenvalue weighted by molar-refractivity contribution is -0.112. The summed E-state index contributed by atoms with van der Waals surface area (Å²) in [5.74, 6) is -0.473. The molecular formula is C22H16BrCl2N3O. The summed E-state index contributed by atoms with van der Waals surface area (Å²) in [6.07, 6.45) is 1.59. The Bertz CT molecular complexity index is 1180. The van der Waals surface area contributed by atoms with E-state index in [2.05, 4.69) is 21.2 Å². The predicted molar refractivity (Wildman–Crippen MR) is 122 cm³/mol. The largest absolute Gasteiger partial charge is 0.320 e. The van der Waals surface area contributed by atoms with Gasteiger partial charge in [0.1, 0.15) is 11.6 Å². The van der Waals surface area contributed by atoms with Crippen LogP contribution in [0.2, 0.25) is 10.0 Å². The van der Waals surface area contributed by atoms with Crippen molar-refractivity contribution in [1.82, 2.24) is 4.57 Å². The van der Waals surface area contributed by atoms with E-state index in [4.69, 9.17) is 23.2 Å². The summed E-state index contributed by atoms with van der Waals surface area (Å²) in [5, 5.41) is 13.2. The van der Waals surface area contributed by atoms with Crippen molar-refractivity contribution in [3.63, 3.8) is 0 Å². The second-order valence-corrected chi connectivity index (χ2v) is 8.03. The van der Waals surface area contributed by atoms with Gasteiger partial charge in [0.05, 0.1) is 15.7 Å². The number of halogens is 3. The van der Waals surface area contributed by atoms with Gasteiger partial charge in [0.25, 0.3) is 5.91 Å². The average molecular weight is 489 g/mol. The van der Waals surface area contributed by atoms with E-state index in [1.165, 1.54) is 0 Å². The zero-order chi connectivity index (χ0) is 21.1. The number of anilines is 1. The van der Waals surface area contributed by atoms with Crippen molar-refractivity contribution < 1.29 is 4.79 Å². The number of hydrogen-bond donors (Lipinski definition) is 1. The number of benzene rings is 2. The van der Waals surface area contributed by atoms with Crippen LogP contribution in [0.1, 0.15) is 17.0 Å². The van der Waals surface area contributed by atoms with Crippen LogP contribution in [0.4, 0.5) is 5.69 Å². The number of nitriles is 1. The highest BCUT2D eigenvalue weighted by Gasteiger charge is 2.15. The van der Waals surface area contributed by atoms with E-state index >= 15 is 0 Å². The molecule has 0 unspecified atom stereocenters. The third kappa shape index (κ3) is 4.56. The molecule has 0 aliphatic carbocycles. The number of carbonyl (C=O) groups is 1. The molecule has 2 aromatic carbocycles. The summed E-state index contributed by atoms with van der Waals surface area (Å²) in [7, 11) is 0. The Kier molecular flexibility index (Phi) is 6.49. The predicted octanol–water partition coefficient (Wildman–Crippen LogP) is 6.71. The molecule has 29 heavy (non-hydrogen) atoms. The fourth-order valence-corrected chi connectivity index (χ4v) is 3.69. The second-order valence-electron chi connectivity index (χ2n) is 6.36. The molecule has 146 valence electrons. The summed E-state index contributed by atoms with van der Waals surface area (Å²) >= 11 is 15.6. The molecule has 1 aromatic heterocycles. The highest BCUT2D eigenvalue weighted by atomic mass is 79.9. The molecule has 0 radical (unpaired) electrons. The van der Waals surface area contributed by atoms with Gasteiger partial charge in [-0.15, -0.1) is 0 Å². The van der Waals surface area contributed by atoms with Crippen LogP contribution >= 0.6 is 39.1 Å². The van der Waals surface area contributed by atoms with Crippen LogP contribution in [-0.4, -0.2) is 10.5 Å². The van der Waals surface area contributed by atoms with E-state index in [9.17, 15) is 10.1 Å². The molecule has 0 fully saturated rings. The van der Waals surface area contributed by atoms with E-state index < -0.39 is 5.91 Å². The highest BCUT2D eigenvalue weighted by Crippen LogP contribution is 2.28. The van der Waals surface area contributed by atoms with E-state index in [-0.39, 0.29) is 5.57 Å².